The fraction of sp³-hybridized carbons (Fsp3) is 0.143. The molecule has 2 aromatic heterocycles. The molecular weight excluding hydrogens is 364 g/mol. The van der Waals surface area contributed by atoms with Gasteiger partial charge >= 0.3 is 0 Å². The molecule has 0 spiro atoms. The van der Waals surface area contributed by atoms with Crippen molar-refractivity contribution in [1.82, 2.24) is 9.55 Å². The van der Waals surface area contributed by atoms with E-state index < -0.39 is 0 Å². The van der Waals surface area contributed by atoms with Crippen LogP contribution in [0.1, 0.15) is 26.5 Å². The Bertz CT molecular complexity index is 1570. The lowest BCUT2D eigenvalue weighted by Gasteiger charge is -2.17. The van der Waals surface area contributed by atoms with E-state index in [4.69, 9.17) is 0 Å². The fourth-order valence-corrected chi connectivity index (χ4v) is 4.91. The third-order valence-corrected chi connectivity index (χ3v) is 6.23. The molecule has 0 aliphatic heterocycles. The van der Waals surface area contributed by atoms with Gasteiger partial charge in [-0.15, -0.1) is 0 Å². The minimum absolute atomic E-state index is 0.0311. The van der Waals surface area contributed by atoms with E-state index in [1.807, 2.05) is 0 Å². The summed E-state index contributed by atoms with van der Waals surface area (Å²) in [5.74, 6) is 1.15. The summed E-state index contributed by atoms with van der Waals surface area (Å²) < 4.78 is 2.41. The number of hydrogen-bond acceptors (Lipinski definition) is 0. The van der Waals surface area contributed by atoms with Gasteiger partial charge in [0.15, 0.2) is 0 Å². The molecule has 0 unspecified atom stereocenters. The summed E-state index contributed by atoms with van der Waals surface area (Å²) in [6.07, 6.45) is 0. The summed E-state index contributed by atoms with van der Waals surface area (Å²) in [4.78, 5) is 3.83. The second-order valence-corrected chi connectivity index (χ2v) is 9.18. The number of aromatic nitrogens is 2. The van der Waals surface area contributed by atoms with E-state index in [0.717, 1.165) is 5.82 Å². The summed E-state index contributed by atoms with van der Waals surface area (Å²) in [5.41, 5.74) is 3.78. The Morgan fingerprint density at radius 1 is 0.600 bits per heavy atom. The van der Waals surface area contributed by atoms with E-state index in [1.165, 1.54) is 49.0 Å². The molecule has 1 N–H and O–H groups in total. The van der Waals surface area contributed by atoms with Gasteiger partial charge in [-0.2, -0.15) is 0 Å². The number of H-pyrrole nitrogens is 1. The van der Waals surface area contributed by atoms with Crippen molar-refractivity contribution in [3.63, 3.8) is 0 Å². The first-order chi connectivity index (χ1) is 14.5. The summed E-state index contributed by atoms with van der Waals surface area (Å²) in [6.45, 7) is 6.82. The minimum Gasteiger partial charge on any atom is -0.343 e. The zero-order valence-corrected chi connectivity index (χ0v) is 17.5. The molecule has 0 radical (unpaired) electrons. The predicted molar refractivity (Wildman–Crippen MR) is 129 cm³/mol. The summed E-state index contributed by atoms with van der Waals surface area (Å²) in [7, 11) is 0. The SMILES string of the molecule is CC(C)(C)c1[nH]c(-n2c3ccccc3c3c4ccccc4ccc32)c2ccccc12. The molecule has 0 aliphatic rings. The second kappa shape index (κ2) is 5.99. The van der Waals surface area contributed by atoms with Gasteiger partial charge in [-0.25, -0.2) is 0 Å². The standard InChI is InChI=1S/C28H24N2/c1-28(2,3)26-20-12-6-7-13-21(20)27(29-26)30-23-15-9-8-14-22(23)25-19-11-5-4-10-18(19)16-17-24(25)30/h4-17,29H,1-3H3. The lowest BCUT2D eigenvalue weighted by Crippen LogP contribution is -2.12. The number of nitrogens with one attached hydrogen (secondary N) is 1. The van der Waals surface area contributed by atoms with Crippen molar-refractivity contribution in [2.75, 3.05) is 0 Å². The normalized spacial score (nSPS) is 12.5. The average Bonchev–Trinajstić information content (AvgIpc) is 3.29. The highest BCUT2D eigenvalue weighted by atomic mass is 15.1. The lowest BCUT2D eigenvalue weighted by atomic mass is 9.90. The van der Waals surface area contributed by atoms with Crippen molar-refractivity contribution in [2.24, 2.45) is 0 Å². The van der Waals surface area contributed by atoms with Crippen LogP contribution in [0.15, 0.2) is 84.9 Å². The van der Waals surface area contributed by atoms with Crippen LogP contribution < -0.4 is 0 Å². The number of nitrogens with zero attached hydrogens (tertiary/aromatic N) is 1. The Hall–Kier alpha value is -3.52. The molecule has 0 saturated heterocycles. The van der Waals surface area contributed by atoms with Crippen molar-refractivity contribution in [3.05, 3.63) is 90.6 Å². The topological polar surface area (TPSA) is 20.7 Å². The maximum Gasteiger partial charge on any atom is 0.123 e. The van der Waals surface area contributed by atoms with Crippen molar-refractivity contribution in [2.45, 2.75) is 26.2 Å². The molecular formula is C28H24N2. The van der Waals surface area contributed by atoms with Crippen LogP contribution in [0.3, 0.4) is 0 Å². The maximum absolute atomic E-state index is 3.83. The predicted octanol–water partition coefficient (Wildman–Crippen LogP) is 7.72. The van der Waals surface area contributed by atoms with E-state index >= 15 is 0 Å². The van der Waals surface area contributed by atoms with E-state index in [0.29, 0.717) is 0 Å². The van der Waals surface area contributed by atoms with E-state index in [9.17, 15) is 0 Å². The summed E-state index contributed by atoms with van der Waals surface area (Å²) >= 11 is 0. The monoisotopic (exact) mass is 388 g/mol. The molecule has 2 heteroatoms. The molecule has 2 nitrogen and oxygen atoms in total. The van der Waals surface area contributed by atoms with Gasteiger partial charge in [0.2, 0.25) is 0 Å². The van der Waals surface area contributed by atoms with Crippen LogP contribution in [0.4, 0.5) is 0 Å². The highest BCUT2D eigenvalue weighted by Crippen LogP contribution is 2.40. The first-order valence-corrected chi connectivity index (χ1v) is 10.6. The third kappa shape index (κ3) is 2.31. The number of para-hydroxylation sites is 1. The number of rotatable bonds is 1. The van der Waals surface area contributed by atoms with Gasteiger partial charge in [-0.1, -0.05) is 93.6 Å². The Balaban J connectivity index is 1.84. The molecule has 6 aromatic rings. The minimum atomic E-state index is 0.0311. The Morgan fingerprint density at radius 3 is 2.00 bits per heavy atom. The van der Waals surface area contributed by atoms with Crippen molar-refractivity contribution < 1.29 is 0 Å². The molecule has 146 valence electrons. The van der Waals surface area contributed by atoms with Crippen LogP contribution in [0, 0.1) is 0 Å². The highest BCUT2D eigenvalue weighted by Gasteiger charge is 2.23. The smallest absolute Gasteiger partial charge is 0.123 e. The van der Waals surface area contributed by atoms with Gasteiger partial charge in [0.05, 0.1) is 11.0 Å². The van der Waals surface area contributed by atoms with Crippen molar-refractivity contribution in [3.8, 4) is 5.82 Å². The molecule has 4 aromatic carbocycles. The summed E-state index contributed by atoms with van der Waals surface area (Å²) in [6, 6.07) is 30.7. The average molecular weight is 389 g/mol. The molecule has 0 bridgehead atoms. The van der Waals surface area contributed by atoms with Crippen molar-refractivity contribution in [1.29, 1.82) is 0 Å². The van der Waals surface area contributed by atoms with E-state index in [-0.39, 0.29) is 5.41 Å². The first-order valence-electron chi connectivity index (χ1n) is 10.6. The lowest BCUT2D eigenvalue weighted by molar-refractivity contribution is 0.577. The van der Waals surface area contributed by atoms with Gasteiger partial charge in [0.25, 0.3) is 0 Å². The van der Waals surface area contributed by atoms with E-state index in [1.54, 1.807) is 0 Å². The third-order valence-electron chi connectivity index (χ3n) is 6.23. The Labute approximate surface area is 175 Å². The highest BCUT2D eigenvalue weighted by molar-refractivity contribution is 6.21. The zero-order chi connectivity index (χ0) is 20.5. The van der Waals surface area contributed by atoms with Gasteiger partial charge in [-0.3, -0.25) is 4.57 Å². The Kier molecular flexibility index (Phi) is 3.47. The summed E-state index contributed by atoms with van der Waals surface area (Å²) in [5, 5.41) is 7.75. The Morgan fingerprint density at radius 2 is 1.23 bits per heavy atom. The van der Waals surface area contributed by atoms with Gasteiger partial charge in [-0.05, 0) is 22.9 Å². The number of benzene rings is 4. The molecule has 0 atom stereocenters. The molecule has 0 saturated carbocycles. The molecule has 0 fully saturated rings. The number of aromatic amines is 1. The second-order valence-electron chi connectivity index (χ2n) is 9.18. The van der Waals surface area contributed by atoms with Gasteiger partial charge in [0.1, 0.15) is 5.82 Å². The largest absolute Gasteiger partial charge is 0.343 e. The molecule has 2 heterocycles. The van der Waals surface area contributed by atoms with Gasteiger partial charge in [0, 0.05) is 32.7 Å². The van der Waals surface area contributed by atoms with Crippen LogP contribution in [0.5, 0.6) is 0 Å². The molecule has 30 heavy (non-hydrogen) atoms. The van der Waals surface area contributed by atoms with Gasteiger partial charge < -0.3 is 4.98 Å². The zero-order valence-electron chi connectivity index (χ0n) is 17.5. The van der Waals surface area contributed by atoms with E-state index in [2.05, 4.69) is 115 Å². The van der Waals surface area contributed by atoms with Crippen molar-refractivity contribution >= 4 is 43.4 Å². The molecule has 0 amide bonds. The van der Waals surface area contributed by atoms with Crippen LogP contribution in [0.25, 0.3) is 49.2 Å². The van der Waals surface area contributed by atoms with Crippen LogP contribution in [-0.2, 0) is 5.41 Å². The van der Waals surface area contributed by atoms with Crippen LogP contribution in [-0.4, -0.2) is 9.55 Å². The fourth-order valence-electron chi connectivity index (χ4n) is 4.91. The molecule has 0 aliphatic carbocycles. The number of fused-ring (bicyclic) bond motifs is 6. The van der Waals surface area contributed by atoms with Crippen LogP contribution in [0.2, 0.25) is 0 Å². The molecule has 6 rings (SSSR count). The quantitative estimate of drug-likeness (QED) is 0.298. The number of hydrogen-bond donors (Lipinski definition) is 1. The van der Waals surface area contributed by atoms with Crippen LogP contribution >= 0.6 is 0 Å². The maximum atomic E-state index is 3.83. The first kappa shape index (κ1) is 17.3.